The second kappa shape index (κ2) is 5.82. The Hall–Kier alpha value is -1.95. The van der Waals surface area contributed by atoms with Crippen molar-refractivity contribution in [2.75, 3.05) is 0 Å². The van der Waals surface area contributed by atoms with Crippen LogP contribution in [0.15, 0.2) is 29.4 Å². The molecular weight excluding hydrogens is 226 g/mol. The van der Waals surface area contributed by atoms with Crippen molar-refractivity contribution in [3.05, 3.63) is 29.8 Å². The molecule has 1 aromatic rings. The van der Waals surface area contributed by atoms with E-state index >= 15 is 0 Å². The number of nitrogens with one attached hydrogen (secondary N) is 1. The molecule has 1 aromatic carbocycles. The van der Waals surface area contributed by atoms with Crippen LogP contribution in [0.25, 0.3) is 0 Å². The van der Waals surface area contributed by atoms with Crippen LogP contribution in [0.2, 0.25) is 0 Å². The Kier molecular flexibility index (Phi) is 4.41. The highest BCUT2D eigenvalue weighted by Gasteiger charge is 1.96. The van der Waals surface area contributed by atoms with Gasteiger partial charge in [0.1, 0.15) is 5.75 Å². The molecule has 6 heteroatoms. The van der Waals surface area contributed by atoms with Gasteiger partial charge < -0.3 is 10.5 Å². The van der Waals surface area contributed by atoms with Gasteiger partial charge in [0.15, 0.2) is 5.11 Å². The maximum absolute atomic E-state index is 10.7. The van der Waals surface area contributed by atoms with Gasteiger partial charge in [-0.25, -0.2) is 0 Å². The summed E-state index contributed by atoms with van der Waals surface area (Å²) in [4.78, 5) is 10.7. The molecule has 0 atom stereocenters. The molecule has 0 spiro atoms. The second-order valence-corrected chi connectivity index (χ2v) is 3.34. The first-order chi connectivity index (χ1) is 7.58. The number of hydrogen-bond acceptors (Lipinski definition) is 4. The average molecular weight is 237 g/mol. The minimum Gasteiger partial charge on any atom is -0.427 e. The van der Waals surface area contributed by atoms with Crippen molar-refractivity contribution in [2.45, 2.75) is 6.92 Å². The molecule has 3 N–H and O–H groups in total. The van der Waals surface area contributed by atoms with E-state index in [0.29, 0.717) is 5.75 Å². The Labute approximate surface area is 98.3 Å². The fourth-order valence-electron chi connectivity index (χ4n) is 0.958. The van der Waals surface area contributed by atoms with Crippen molar-refractivity contribution >= 4 is 29.5 Å². The molecule has 84 valence electrons. The first-order valence-corrected chi connectivity index (χ1v) is 4.86. The lowest BCUT2D eigenvalue weighted by Crippen LogP contribution is -2.23. The van der Waals surface area contributed by atoms with Crippen molar-refractivity contribution in [3.63, 3.8) is 0 Å². The van der Waals surface area contributed by atoms with Crippen molar-refractivity contribution in [2.24, 2.45) is 10.8 Å². The number of esters is 1. The lowest BCUT2D eigenvalue weighted by atomic mass is 10.2. The van der Waals surface area contributed by atoms with Gasteiger partial charge >= 0.3 is 5.97 Å². The second-order valence-electron chi connectivity index (χ2n) is 2.90. The predicted octanol–water partition coefficient (Wildman–Crippen LogP) is 0.779. The van der Waals surface area contributed by atoms with Gasteiger partial charge in [-0.2, -0.15) is 5.10 Å². The Morgan fingerprint density at radius 3 is 2.62 bits per heavy atom. The Morgan fingerprint density at radius 1 is 1.50 bits per heavy atom. The Balaban J connectivity index is 2.60. The van der Waals surface area contributed by atoms with Crippen LogP contribution in [-0.4, -0.2) is 17.3 Å². The lowest BCUT2D eigenvalue weighted by molar-refractivity contribution is -0.131. The van der Waals surface area contributed by atoms with E-state index in [0.717, 1.165) is 5.56 Å². The van der Waals surface area contributed by atoms with Crippen LogP contribution in [0.4, 0.5) is 0 Å². The number of rotatable bonds is 3. The van der Waals surface area contributed by atoms with Crippen molar-refractivity contribution in [3.8, 4) is 5.75 Å². The van der Waals surface area contributed by atoms with E-state index in [1.807, 2.05) is 0 Å². The zero-order chi connectivity index (χ0) is 12.0. The molecule has 0 aliphatic heterocycles. The smallest absolute Gasteiger partial charge is 0.308 e. The summed E-state index contributed by atoms with van der Waals surface area (Å²) < 4.78 is 4.87. The van der Waals surface area contributed by atoms with Gasteiger partial charge in [0.05, 0.1) is 6.21 Å². The van der Waals surface area contributed by atoms with Gasteiger partial charge in [-0.1, -0.05) is 0 Å². The summed E-state index contributed by atoms with van der Waals surface area (Å²) in [5, 5.41) is 3.89. The third-order valence-electron chi connectivity index (χ3n) is 1.53. The summed E-state index contributed by atoms with van der Waals surface area (Å²) in [7, 11) is 0. The molecule has 0 aliphatic rings. The van der Waals surface area contributed by atoms with Crippen molar-refractivity contribution in [1.29, 1.82) is 0 Å². The van der Waals surface area contributed by atoms with Crippen LogP contribution < -0.4 is 15.9 Å². The van der Waals surface area contributed by atoms with E-state index in [9.17, 15) is 4.79 Å². The van der Waals surface area contributed by atoms with Gasteiger partial charge in [0.2, 0.25) is 0 Å². The first kappa shape index (κ1) is 12.1. The van der Waals surface area contributed by atoms with Gasteiger partial charge in [0.25, 0.3) is 0 Å². The van der Waals surface area contributed by atoms with Crippen molar-refractivity contribution < 1.29 is 9.53 Å². The van der Waals surface area contributed by atoms with E-state index < -0.39 is 0 Å². The van der Waals surface area contributed by atoms with Gasteiger partial charge in [0, 0.05) is 6.92 Å². The molecule has 0 radical (unpaired) electrons. The van der Waals surface area contributed by atoms with E-state index in [-0.39, 0.29) is 11.1 Å². The average Bonchev–Trinajstić information content (AvgIpc) is 2.19. The third-order valence-corrected chi connectivity index (χ3v) is 1.62. The summed E-state index contributed by atoms with van der Waals surface area (Å²) in [5.74, 6) is 0.142. The Bertz CT molecular complexity index is 415. The molecular formula is C10H11N3O2S. The third kappa shape index (κ3) is 4.52. The summed E-state index contributed by atoms with van der Waals surface area (Å²) in [6.07, 6.45) is 1.55. The maximum atomic E-state index is 10.7. The van der Waals surface area contributed by atoms with E-state index in [4.69, 9.17) is 10.5 Å². The number of nitrogens with two attached hydrogens (primary N) is 1. The zero-order valence-corrected chi connectivity index (χ0v) is 9.45. The quantitative estimate of drug-likeness (QED) is 0.267. The standard InChI is InChI=1S/C10H11N3O2S/c1-7(14)15-9-4-2-8(3-5-9)6-12-13-10(11)16/h2-6H,1H3,(H3,11,13,16). The van der Waals surface area contributed by atoms with Crippen LogP contribution >= 0.6 is 12.2 Å². The number of hydrazone groups is 1. The fraction of sp³-hybridized carbons (Fsp3) is 0.100. The normalized spacial score (nSPS) is 10.1. The highest BCUT2D eigenvalue weighted by Crippen LogP contribution is 2.10. The molecule has 0 aromatic heterocycles. The number of benzene rings is 1. The number of hydrogen-bond donors (Lipinski definition) is 2. The van der Waals surface area contributed by atoms with Crippen LogP contribution in [0.3, 0.4) is 0 Å². The van der Waals surface area contributed by atoms with E-state index in [1.54, 1.807) is 30.5 Å². The van der Waals surface area contributed by atoms with Crippen LogP contribution in [0.5, 0.6) is 5.75 Å². The number of carbonyl (C=O) groups excluding carboxylic acids is 1. The summed E-state index contributed by atoms with van der Waals surface area (Å²) in [6, 6.07) is 6.85. The molecule has 1 rings (SSSR count). The minimum atomic E-state index is -0.350. The Morgan fingerprint density at radius 2 is 2.12 bits per heavy atom. The van der Waals surface area contributed by atoms with E-state index in [2.05, 4.69) is 22.7 Å². The highest BCUT2D eigenvalue weighted by atomic mass is 32.1. The molecule has 0 aliphatic carbocycles. The van der Waals surface area contributed by atoms with Gasteiger partial charge in [-0.15, -0.1) is 0 Å². The van der Waals surface area contributed by atoms with Crippen LogP contribution in [0, 0.1) is 0 Å². The molecule has 0 bridgehead atoms. The largest absolute Gasteiger partial charge is 0.427 e. The van der Waals surface area contributed by atoms with E-state index in [1.165, 1.54) is 6.92 Å². The summed E-state index contributed by atoms with van der Waals surface area (Å²) in [6.45, 7) is 1.35. The van der Waals surface area contributed by atoms with Crippen molar-refractivity contribution in [1.82, 2.24) is 5.43 Å². The number of nitrogens with zero attached hydrogens (tertiary/aromatic N) is 1. The molecule has 0 unspecified atom stereocenters. The molecule has 0 saturated heterocycles. The SMILES string of the molecule is CC(=O)Oc1ccc(C=NNC(N)=S)cc1. The van der Waals surface area contributed by atoms with Gasteiger partial charge in [-0.3, -0.25) is 10.2 Å². The number of thiocarbonyl (C=S) groups is 1. The topological polar surface area (TPSA) is 76.7 Å². The maximum Gasteiger partial charge on any atom is 0.308 e. The van der Waals surface area contributed by atoms with Crippen LogP contribution in [-0.2, 0) is 4.79 Å². The highest BCUT2D eigenvalue weighted by molar-refractivity contribution is 7.80. The molecule has 0 amide bonds. The monoisotopic (exact) mass is 237 g/mol. The minimum absolute atomic E-state index is 0.104. The first-order valence-electron chi connectivity index (χ1n) is 4.45. The molecule has 0 heterocycles. The molecule has 16 heavy (non-hydrogen) atoms. The summed E-state index contributed by atoms with van der Waals surface area (Å²) >= 11 is 4.57. The number of carbonyl (C=O) groups is 1. The zero-order valence-electron chi connectivity index (χ0n) is 8.64. The van der Waals surface area contributed by atoms with Gasteiger partial charge in [-0.05, 0) is 42.0 Å². The summed E-state index contributed by atoms with van der Waals surface area (Å²) in [5.41, 5.74) is 8.45. The number of ether oxygens (including phenoxy) is 1. The predicted molar refractivity (Wildman–Crippen MR) is 65.3 cm³/mol. The molecule has 0 fully saturated rings. The molecule has 0 saturated carbocycles. The molecule has 5 nitrogen and oxygen atoms in total. The fourth-order valence-corrected chi connectivity index (χ4v) is 1.01. The lowest BCUT2D eigenvalue weighted by Gasteiger charge is -2.00. The van der Waals surface area contributed by atoms with Crippen LogP contribution in [0.1, 0.15) is 12.5 Å².